The van der Waals surface area contributed by atoms with Crippen LogP contribution in [0.4, 0.5) is 5.69 Å². The first kappa shape index (κ1) is 15.2. The predicted octanol–water partition coefficient (Wildman–Crippen LogP) is 2.77. The van der Waals surface area contributed by atoms with Crippen molar-refractivity contribution < 1.29 is 4.92 Å². The summed E-state index contributed by atoms with van der Waals surface area (Å²) < 4.78 is 0. The maximum atomic E-state index is 10.8. The van der Waals surface area contributed by atoms with Gasteiger partial charge in [0, 0.05) is 36.3 Å². The molecule has 1 aromatic rings. The Balaban J connectivity index is 2.08. The van der Waals surface area contributed by atoms with E-state index in [9.17, 15) is 10.1 Å². The van der Waals surface area contributed by atoms with Crippen molar-refractivity contribution in [2.24, 2.45) is 0 Å². The van der Waals surface area contributed by atoms with E-state index in [0.717, 1.165) is 25.1 Å². The minimum Gasteiger partial charge on any atom is -0.305 e. The highest BCUT2D eigenvalue weighted by atomic mass is 35.5. The van der Waals surface area contributed by atoms with Gasteiger partial charge in [-0.2, -0.15) is 0 Å². The van der Waals surface area contributed by atoms with Crippen LogP contribution >= 0.6 is 11.6 Å². The van der Waals surface area contributed by atoms with Crippen molar-refractivity contribution >= 4 is 17.3 Å². The number of nitro groups is 1. The van der Waals surface area contributed by atoms with Crippen molar-refractivity contribution in [3.63, 3.8) is 0 Å². The normalized spacial score (nSPS) is 20.3. The molecular weight excluding hydrogens is 278 g/mol. The van der Waals surface area contributed by atoms with Gasteiger partial charge in [0.25, 0.3) is 5.69 Å². The van der Waals surface area contributed by atoms with Gasteiger partial charge in [-0.15, -0.1) is 0 Å². The van der Waals surface area contributed by atoms with Gasteiger partial charge in [0.2, 0.25) is 0 Å². The number of non-ortho nitro benzene ring substituents is 1. The molecule has 5 nitrogen and oxygen atoms in total. The van der Waals surface area contributed by atoms with Crippen molar-refractivity contribution in [2.75, 3.05) is 27.2 Å². The lowest BCUT2D eigenvalue weighted by Gasteiger charge is -2.36. The summed E-state index contributed by atoms with van der Waals surface area (Å²) in [6.45, 7) is 2.81. The number of piperidine rings is 1. The monoisotopic (exact) mass is 297 g/mol. The highest BCUT2D eigenvalue weighted by Gasteiger charge is 2.22. The lowest BCUT2D eigenvalue weighted by Crippen LogP contribution is -2.44. The smallest absolute Gasteiger partial charge is 0.269 e. The number of nitrogens with zero attached hydrogens (tertiary/aromatic N) is 3. The van der Waals surface area contributed by atoms with Crippen LogP contribution in [-0.4, -0.2) is 47.9 Å². The van der Waals surface area contributed by atoms with Crippen LogP contribution in [0.25, 0.3) is 0 Å². The molecular formula is C14H20ClN3O2. The number of benzene rings is 1. The summed E-state index contributed by atoms with van der Waals surface area (Å²) in [6, 6.07) is 5.10. The number of nitro benzene ring substituents is 1. The Morgan fingerprint density at radius 3 is 2.95 bits per heavy atom. The summed E-state index contributed by atoms with van der Waals surface area (Å²) in [4.78, 5) is 15.0. The molecule has 0 aliphatic carbocycles. The average Bonchev–Trinajstić information content (AvgIpc) is 2.41. The first-order valence-corrected chi connectivity index (χ1v) is 7.17. The van der Waals surface area contributed by atoms with Gasteiger partial charge in [0.15, 0.2) is 0 Å². The lowest BCUT2D eigenvalue weighted by atomic mass is 10.0. The van der Waals surface area contributed by atoms with E-state index >= 15 is 0 Å². The quantitative estimate of drug-likeness (QED) is 0.633. The van der Waals surface area contributed by atoms with E-state index in [1.54, 1.807) is 12.1 Å². The molecule has 6 heteroatoms. The summed E-state index contributed by atoms with van der Waals surface area (Å²) in [5.41, 5.74) is 0.912. The Kier molecular flexibility index (Phi) is 4.96. The molecule has 0 radical (unpaired) electrons. The molecule has 0 amide bonds. The fourth-order valence-electron chi connectivity index (χ4n) is 2.69. The Morgan fingerprint density at radius 2 is 2.30 bits per heavy atom. The molecule has 0 aromatic heterocycles. The minimum atomic E-state index is -0.381. The van der Waals surface area contributed by atoms with Gasteiger partial charge in [0.1, 0.15) is 0 Å². The number of halogens is 1. The van der Waals surface area contributed by atoms with Crippen molar-refractivity contribution in [2.45, 2.75) is 25.4 Å². The molecule has 0 bridgehead atoms. The fourth-order valence-corrected chi connectivity index (χ4v) is 2.87. The lowest BCUT2D eigenvalue weighted by molar-refractivity contribution is -0.384. The zero-order valence-corrected chi connectivity index (χ0v) is 12.6. The van der Waals surface area contributed by atoms with E-state index in [2.05, 4.69) is 23.9 Å². The second-order valence-electron chi connectivity index (χ2n) is 5.51. The molecule has 1 aliphatic rings. The highest BCUT2D eigenvalue weighted by molar-refractivity contribution is 6.31. The number of hydrogen-bond donors (Lipinski definition) is 0. The van der Waals surface area contributed by atoms with Gasteiger partial charge in [-0.25, -0.2) is 0 Å². The largest absolute Gasteiger partial charge is 0.305 e. The predicted molar refractivity (Wildman–Crippen MR) is 80.1 cm³/mol. The third-order valence-electron chi connectivity index (χ3n) is 3.88. The van der Waals surface area contributed by atoms with Gasteiger partial charge in [-0.05, 0) is 45.1 Å². The van der Waals surface area contributed by atoms with E-state index < -0.39 is 0 Å². The average molecular weight is 298 g/mol. The number of rotatable bonds is 4. The zero-order valence-electron chi connectivity index (χ0n) is 11.9. The molecule has 110 valence electrons. The summed E-state index contributed by atoms with van der Waals surface area (Å²) in [5, 5.41) is 11.4. The topological polar surface area (TPSA) is 49.6 Å². The SMILES string of the molecule is CN1CCCC(N(C)Cc2cc([N+](=O)[O-])ccc2Cl)C1. The fraction of sp³-hybridized carbons (Fsp3) is 0.571. The Hall–Kier alpha value is -1.17. The maximum absolute atomic E-state index is 10.8. The van der Waals surface area contributed by atoms with Crippen LogP contribution in [0.15, 0.2) is 18.2 Å². The van der Waals surface area contributed by atoms with Gasteiger partial charge in [0.05, 0.1) is 4.92 Å². The number of likely N-dealkylation sites (N-methyl/N-ethyl adjacent to an activating group) is 2. The molecule has 20 heavy (non-hydrogen) atoms. The van der Waals surface area contributed by atoms with Crippen molar-refractivity contribution in [3.05, 3.63) is 38.9 Å². The Bertz CT molecular complexity index is 495. The zero-order chi connectivity index (χ0) is 14.7. The minimum absolute atomic E-state index is 0.0959. The van der Waals surface area contributed by atoms with Crippen LogP contribution < -0.4 is 0 Å². The Labute approximate surface area is 124 Å². The first-order valence-electron chi connectivity index (χ1n) is 6.79. The van der Waals surface area contributed by atoms with Gasteiger partial charge in [-0.1, -0.05) is 11.6 Å². The highest BCUT2D eigenvalue weighted by Crippen LogP contribution is 2.24. The second kappa shape index (κ2) is 6.52. The molecule has 1 saturated heterocycles. The summed E-state index contributed by atoms with van der Waals surface area (Å²) in [5.74, 6) is 0. The molecule has 0 N–H and O–H groups in total. The molecule has 0 spiro atoms. The van der Waals surface area contributed by atoms with Crippen LogP contribution in [0, 0.1) is 10.1 Å². The summed E-state index contributed by atoms with van der Waals surface area (Å²) in [6.07, 6.45) is 2.35. The van der Waals surface area contributed by atoms with Crippen LogP contribution in [0.2, 0.25) is 5.02 Å². The molecule has 1 fully saturated rings. The van der Waals surface area contributed by atoms with Gasteiger partial charge >= 0.3 is 0 Å². The van der Waals surface area contributed by atoms with Gasteiger partial charge < -0.3 is 4.90 Å². The molecule has 1 aliphatic heterocycles. The van der Waals surface area contributed by atoms with Crippen LogP contribution in [0.5, 0.6) is 0 Å². The number of likely N-dealkylation sites (tertiary alicyclic amines) is 1. The molecule has 1 unspecified atom stereocenters. The van der Waals surface area contributed by atoms with Gasteiger partial charge in [-0.3, -0.25) is 15.0 Å². The standard InChI is InChI=1S/C14H20ClN3O2/c1-16-7-3-4-13(10-16)17(2)9-11-8-12(18(19)20)5-6-14(11)15/h5-6,8,13H,3-4,7,9-10H2,1-2H3. The molecule has 1 heterocycles. The molecule has 1 aromatic carbocycles. The third-order valence-corrected chi connectivity index (χ3v) is 4.25. The summed E-state index contributed by atoms with van der Waals surface area (Å²) >= 11 is 6.15. The van der Waals surface area contributed by atoms with Crippen molar-refractivity contribution in [1.82, 2.24) is 9.80 Å². The third kappa shape index (κ3) is 3.69. The van der Waals surface area contributed by atoms with E-state index in [0.29, 0.717) is 17.6 Å². The number of hydrogen-bond acceptors (Lipinski definition) is 4. The second-order valence-corrected chi connectivity index (χ2v) is 5.91. The maximum Gasteiger partial charge on any atom is 0.269 e. The van der Waals surface area contributed by atoms with Crippen molar-refractivity contribution in [1.29, 1.82) is 0 Å². The molecule has 1 atom stereocenters. The van der Waals surface area contributed by atoms with Crippen LogP contribution in [0.3, 0.4) is 0 Å². The van der Waals surface area contributed by atoms with Crippen LogP contribution in [-0.2, 0) is 6.54 Å². The van der Waals surface area contributed by atoms with E-state index in [-0.39, 0.29) is 10.6 Å². The summed E-state index contributed by atoms with van der Waals surface area (Å²) in [7, 11) is 4.18. The van der Waals surface area contributed by atoms with Crippen LogP contribution in [0.1, 0.15) is 18.4 Å². The molecule has 0 saturated carbocycles. The first-order chi connectivity index (χ1) is 9.47. The Morgan fingerprint density at radius 1 is 1.55 bits per heavy atom. The van der Waals surface area contributed by atoms with Crippen molar-refractivity contribution in [3.8, 4) is 0 Å². The molecule has 2 rings (SSSR count). The van der Waals surface area contributed by atoms with E-state index in [1.165, 1.54) is 12.5 Å². The van der Waals surface area contributed by atoms with E-state index in [4.69, 9.17) is 11.6 Å². The van der Waals surface area contributed by atoms with E-state index in [1.807, 2.05) is 0 Å².